The first-order valence-electron chi connectivity index (χ1n) is 6.52. The molecule has 1 unspecified atom stereocenters. The molecule has 0 aliphatic carbocycles. The van der Waals surface area contributed by atoms with Crippen LogP contribution in [0.3, 0.4) is 0 Å². The molecule has 0 spiro atoms. The summed E-state index contributed by atoms with van der Waals surface area (Å²) in [5.74, 6) is 0. The summed E-state index contributed by atoms with van der Waals surface area (Å²) in [6.07, 6.45) is 19.4. The van der Waals surface area contributed by atoms with Gasteiger partial charge in [0.05, 0.1) is 6.10 Å². The standard InChI is InChI=1S/C16H26O/c1-3-5-6-7-8-9-10-11-12-13-14-15-16(17)4-2/h3-4,8-9,12-13,16-17H,1-2,5-7,10-11,14-15H2. The maximum atomic E-state index is 9.23. The molecule has 17 heavy (non-hydrogen) atoms. The monoisotopic (exact) mass is 234 g/mol. The fourth-order valence-electron chi connectivity index (χ4n) is 1.43. The van der Waals surface area contributed by atoms with Crippen molar-refractivity contribution in [2.75, 3.05) is 0 Å². The highest BCUT2D eigenvalue weighted by atomic mass is 16.3. The molecule has 0 saturated heterocycles. The van der Waals surface area contributed by atoms with E-state index in [0.29, 0.717) is 0 Å². The Balaban J connectivity index is 3.29. The van der Waals surface area contributed by atoms with Crippen LogP contribution in [0, 0.1) is 0 Å². The fraction of sp³-hybridized carbons (Fsp3) is 0.500. The van der Waals surface area contributed by atoms with E-state index in [1.165, 1.54) is 6.42 Å². The van der Waals surface area contributed by atoms with Crippen LogP contribution in [-0.2, 0) is 0 Å². The van der Waals surface area contributed by atoms with Crippen LogP contribution in [0.5, 0.6) is 0 Å². The molecule has 0 radical (unpaired) electrons. The summed E-state index contributed by atoms with van der Waals surface area (Å²) < 4.78 is 0. The molecule has 96 valence electrons. The van der Waals surface area contributed by atoms with Gasteiger partial charge < -0.3 is 5.11 Å². The highest BCUT2D eigenvalue weighted by Gasteiger charge is 1.93. The highest BCUT2D eigenvalue weighted by Crippen LogP contribution is 2.02. The smallest absolute Gasteiger partial charge is 0.0721 e. The molecule has 0 aromatic carbocycles. The summed E-state index contributed by atoms with van der Waals surface area (Å²) in [5, 5.41) is 9.23. The second-order valence-electron chi connectivity index (χ2n) is 4.12. The zero-order valence-corrected chi connectivity index (χ0v) is 10.9. The topological polar surface area (TPSA) is 20.2 Å². The molecule has 0 bridgehead atoms. The van der Waals surface area contributed by atoms with E-state index in [1.54, 1.807) is 6.08 Å². The summed E-state index contributed by atoms with van der Waals surface area (Å²) in [6, 6.07) is 0. The van der Waals surface area contributed by atoms with Gasteiger partial charge in [0.25, 0.3) is 0 Å². The number of aliphatic hydroxyl groups is 1. The molecule has 0 aliphatic heterocycles. The minimum atomic E-state index is -0.357. The number of unbranched alkanes of at least 4 members (excludes halogenated alkanes) is 3. The van der Waals surface area contributed by atoms with Crippen molar-refractivity contribution in [1.82, 2.24) is 0 Å². The molecule has 0 aromatic rings. The lowest BCUT2D eigenvalue weighted by Crippen LogP contribution is -1.99. The Morgan fingerprint density at radius 3 is 2.00 bits per heavy atom. The molecule has 1 atom stereocenters. The number of rotatable bonds is 11. The van der Waals surface area contributed by atoms with E-state index in [-0.39, 0.29) is 6.10 Å². The normalized spacial score (nSPS) is 13.2. The van der Waals surface area contributed by atoms with E-state index < -0.39 is 0 Å². The van der Waals surface area contributed by atoms with Gasteiger partial charge in [-0.05, 0) is 44.9 Å². The zero-order chi connectivity index (χ0) is 12.8. The van der Waals surface area contributed by atoms with Gasteiger partial charge >= 0.3 is 0 Å². The summed E-state index contributed by atoms with van der Waals surface area (Å²) >= 11 is 0. The van der Waals surface area contributed by atoms with Crippen LogP contribution in [0.4, 0.5) is 0 Å². The summed E-state index contributed by atoms with van der Waals surface area (Å²) in [6.45, 7) is 7.24. The van der Waals surface area contributed by atoms with Crippen molar-refractivity contribution in [3.8, 4) is 0 Å². The van der Waals surface area contributed by atoms with Gasteiger partial charge in [-0.15, -0.1) is 13.2 Å². The van der Waals surface area contributed by atoms with Gasteiger partial charge in [-0.3, -0.25) is 0 Å². The van der Waals surface area contributed by atoms with Crippen molar-refractivity contribution in [3.63, 3.8) is 0 Å². The van der Waals surface area contributed by atoms with E-state index in [9.17, 15) is 5.11 Å². The number of aliphatic hydroxyl groups excluding tert-OH is 1. The first-order chi connectivity index (χ1) is 8.31. The van der Waals surface area contributed by atoms with Crippen LogP contribution in [0.15, 0.2) is 49.6 Å². The Morgan fingerprint density at radius 2 is 1.41 bits per heavy atom. The molecule has 1 N–H and O–H groups in total. The SMILES string of the molecule is C=CCCCC=CCCC=CCCC(O)C=C. The average molecular weight is 234 g/mol. The van der Waals surface area contributed by atoms with E-state index in [4.69, 9.17) is 0 Å². The lowest BCUT2D eigenvalue weighted by Gasteiger charge is -1.99. The molecule has 0 rings (SSSR count). The Bertz CT molecular complexity index is 238. The van der Waals surface area contributed by atoms with Crippen LogP contribution in [0.2, 0.25) is 0 Å². The van der Waals surface area contributed by atoms with E-state index >= 15 is 0 Å². The minimum absolute atomic E-state index is 0.357. The molecule has 0 aliphatic rings. The first-order valence-corrected chi connectivity index (χ1v) is 6.52. The number of hydrogen-bond donors (Lipinski definition) is 1. The van der Waals surface area contributed by atoms with Gasteiger partial charge in [-0.2, -0.15) is 0 Å². The molecule has 0 saturated carbocycles. The van der Waals surface area contributed by atoms with Gasteiger partial charge in [-0.25, -0.2) is 0 Å². The molecule has 0 aromatic heterocycles. The summed E-state index contributed by atoms with van der Waals surface area (Å²) in [4.78, 5) is 0. The predicted octanol–water partition coefficient (Wildman–Crippen LogP) is 4.56. The molecular weight excluding hydrogens is 208 g/mol. The van der Waals surface area contributed by atoms with Crippen molar-refractivity contribution in [2.24, 2.45) is 0 Å². The maximum absolute atomic E-state index is 9.23. The lowest BCUT2D eigenvalue weighted by atomic mass is 10.1. The molecule has 0 heterocycles. The predicted molar refractivity (Wildman–Crippen MR) is 77.0 cm³/mol. The third-order valence-electron chi connectivity index (χ3n) is 2.51. The van der Waals surface area contributed by atoms with Crippen LogP contribution < -0.4 is 0 Å². The Hall–Kier alpha value is -1.08. The molecule has 0 amide bonds. The zero-order valence-electron chi connectivity index (χ0n) is 10.9. The number of hydrogen-bond acceptors (Lipinski definition) is 1. The van der Waals surface area contributed by atoms with E-state index in [2.05, 4.69) is 37.5 Å². The van der Waals surface area contributed by atoms with E-state index in [1.807, 2.05) is 6.08 Å². The van der Waals surface area contributed by atoms with Crippen molar-refractivity contribution < 1.29 is 5.11 Å². The molecule has 1 nitrogen and oxygen atoms in total. The van der Waals surface area contributed by atoms with Crippen LogP contribution in [0.25, 0.3) is 0 Å². The minimum Gasteiger partial charge on any atom is -0.389 e. The van der Waals surface area contributed by atoms with Gasteiger partial charge in [0.15, 0.2) is 0 Å². The lowest BCUT2D eigenvalue weighted by molar-refractivity contribution is 0.214. The highest BCUT2D eigenvalue weighted by molar-refractivity contribution is 4.89. The Labute approximate surface area is 106 Å². The molecule has 0 fully saturated rings. The Morgan fingerprint density at radius 1 is 0.824 bits per heavy atom. The van der Waals surface area contributed by atoms with E-state index in [0.717, 1.165) is 38.5 Å². The van der Waals surface area contributed by atoms with Gasteiger partial charge in [0.2, 0.25) is 0 Å². The average Bonchev–Trinajstić information content (AvgIpc) is 2.35. The maximum Gasteiger partial charge on any atom is 0.0721 e. The van der Waals surface area contributed by atoms with Crippen molar-refractivity contribution in [2.45, 2.75) is 51.0 Å². The third kappa shape index (κ3) is 12.9. The van der Waals surface area contributed by atoms with Crippen LogP contribution in [0.1, 0.15) is 44.9 Å². The van der Waals surface area contributed by atoms with Gasteiger partial charge in [-0.1, -0.05) is 36.5 Å². The fourth-order valence-corrected chi connectivity index (χ4v) is 1.43. The molecule has 1 heteroatoms. The number of allylic oxidation sites excluding steroid dienone is 5. The second-order valence-corrected chi connectivity index (χ2v) is 4.12. The van der Waals surface area contributed by atoms with Crippen molar-refractivity contribution in [1.29, 1.82) is 0 Å². The second kappa shape index (κ2) is 13.0. The van der Waals surface area contributed by atoms with Gasteiger partial charge in [0, 0.05) is 0 Å². The Kier molecular flexibility index (Phi) is 12.2. The van der Waals surface area contributed by atoms with Crippen molar-refractivity contribution in [3.05, 3.63) is 49.6 Å². The summed E-state index contributed by atoms with van der Waals surface area (Å²) in [5.41, 5.74) is 0. The first kappa shape index (κ1) is 15.9. The van der Waals surface area contributed by atoms with Crippen molar-refractivity contribution >= 4 is 0 Å². The quantitative estimate of drug-likeness (QED) is 0.410. The summed E-state index contributed by atoms with van der Waals surface area (Å²) in [7, 11) is 0. The van der Waals surface area contributed by atoms with Gasteiger partial charge in [0.1, 0.15) is 0 Å². The van der Waals surface area contributed by atoms with Crippen LogP contribution >= 0.6 is 0 Å². The molecular formula is C16H26O. The third-order valence-corrected chi connectivity index (χ3v) is 2.51. The largest absolute Gasteiger partial charge is 0.389 e. The van der Waals surface area contributed by atoms with Crippen LogP contribution in [-0.4, -0.2) is 11.2 Å².